The number of hydrogen-bond acceptors (Lipinski definition) is 1. The molecule has 0 saturated heterocycles. The van der Waals surface area contributed by atoms with E-state index in [4.69, 9.17) is 0 Å². The molecule has 1 heterocycles. The maximum Gasteiger partial charge on any atom is 0.00570 e. The minimum atomic E-state index is 0. The zero-order valence-corrected chi connectivity index (χ0v) is 9.14. The third-order valence-electron chi connectivity index (χ3n) is 1.33. The molecule has 0 aromatic carbocycles. The summed E-state index contributed by atoms with van der Waals surface area (Å²) in [5, 5.41) is 7.48. The first-order valence-electron chi connectivity index (χ1n) is 3.04. The van der Waals surface area contributed by atoms with Crippen LogP contribution < -0.4 is 5.10 Å². The van der Waals surface area contributed by atoms with E-state index in [2.05, 4.69) is 31.0 Å². The van der Waals surface area contributed by atoms with Gasteiger partial charge < -0.3 is 10.2 Å². The first-order valence-corrected chi connectivity index (χ1v) is 3.04. The van der Waals surface area contributed by atoms with E-state index in [1.54, 1.807) is 12.4 Å². The first-order chi connectivity index (χ1) is 4.11. The second-order valence-electron chi connectivity index (χ2n) is 3.19. The van der Waals surface area contributed by atoms with E-state index < -0.39 is 0 Å². The van der Waals surface area contributed by atoms with Crippen LogP contribution in [0.15, 0.2) is 12.4 Å². The van der Waals surface area contributed by atoms with Gasteiger partial charge in [-0.25, -0.2) is 0 Å². The van der Waals surface area contributed by atoms with E-state index in [0.29, 0.717) is 0 Å². The van der Waals surface area contributed by atoms with E-state index in [0.717, 1.165) is 0 Å². The molecule has 0 saturated carbocycles. The van der Waals surface area contributed by atoms with Crippen molar-refractivity contribution in [2.24, 2.45) is 0 Å². The quantitative estimate of drug-likeness (QED) is 0.723. The van der Waals surface area contributed by atoms with Gasteiger partial charge in [-0.2, -0.15) is 6.20 Å². The second kappa shape index (κ2) is 3.32. The van der Waals surface area contributed by atoms with Gasteiger partial charge in [0, 0.05) is 26.6 Å². The van der Waals surface area contributed by atoms with Crippen LogP contribution in [0.3, 0.4) is 0 Å². The smallest absolute Gasteiger partial charge is 0.00570 e. The summed E-state index contributed by atoms with van der Waals surface area (Å²) in [7, 11) is 0. The van der Waals surface area contributed by atoms with Crippen LogP contribution in [0, 0.1) is 0 Å². The first kappa shape index (κ1) is 9.87. The van der Waals surface area contributed by atoms with Gasteiger partial charge in [-0.15, -0.1) is 0 Å². The topological polar surface area (TPSA) is 27.0 Å². The van der Waals surface area contributed by atoms with Crippen LogP contribution >= 0.6 is 0 Å². The molecule has 0 spiro atoms. The minimum Gasteiger partial charge on any atom is -0.582 e. The van der Waals surface area contributed by atoms with E-state index in [9.17, 15) is 0 Å². The van der Waals surface area contributed by atoms with Gasteiger partial charge in [-0.05, 0) is 11.0 Å². The minimum absolute atomic E-state index is 0. The van der Waals surface area contributed by atoms with Crippen LogP contribution in [0.4, 0.5) is 0 Å². The van der Waals surface area contributed by atoms with Crippen molar-refractivity contribution in [2.75, 3.05) is 0 Å². The van der Waals surface area contributed by atoms with E-state index in [1.165, 1.54) is 5.56 Å². The van der Waals surface area contributed by atoms with Gasteiger partial charge >= 0.3 is 0 Å². The van der Waals surface area contributed by atoms with E-state index >= 15 is 0 Å². The third kappa shape index (κ3) is 2.24. The molecule has 0 aliphatic rings. The standard InChI is InChI=1S/C7H11N2.Re/c1-7(2,3)6-4-8-9-5-6;/h4-5H,1-3H3;/q-1;. The fraction of sp³-hybridized carbons (Fsp3) is 0.571. The Hall–Kier alpha value is -0.128. The molecule has 1 aromatic heterocycles. The van der Waals surface area contributed by atoms with Gasteiger partial charge in [0.1, 0.15) is 0 Å². The Labute approximate surface area is 75.1 Å². The van der Waals surface area contributed by atoms with Crippen molar-refractivity contribution in [3.8, 4) is 0 Å². The molecule has 3 heteroatoms. The van der Waals surface area contributed by atoms with Crippen molar-refractivity contribution in [3.05, 3.63) is 18.0 Å². The molecular formula is C7H11N2Re-. The number of hydrogen-bond donors (Lipinski definition) is 0. The normalized spacial score (nSPS) is 10.7. The Balaban J connectivity index is 0.000000810. The molecule has 0 fully saturated rings. The van der Waals surface area contributed by atoms with Gasteiger partial charge in [0.2, 0.25) is 0 Å². The van der Waals surface area contributed by atoms with Crippen LogP contribution in [0.25, 0.3) is 0 Å². The summed E-state index contributed by atoms with van der Waals surface area (Å²) >= 11 is 0. The van der Waals surface area contributed by atoms with Gasteiger partial charge in [0.25, 0.3) is 0 Å². The largest absolute Gasteiger partial charge is 0.582 e. The van der Waals surface area contributed by atoms with Gasteiger partial charge in [0.15, 0.2) is 0 Å². The molecule has 1 radical (unpaired) electrons. The number of rotatable bonds is 0. The summed E-state index contributed by atoms with van der Waals surface area (Å²) in [5.74, 6) is 0. The third-order valence-corrected chi connectivity index (χ3v) is 1.33. The summed E-state index contributed by atoms with van der Waals surface area (Å²) in [6.45, 7) is 6.43. The zero-order valence-electron chi connectivity index (χ0n) is 6.43. The molecule has 2 nitrogen and oxygen atoms in total. The summed E-state index contributed by atoms with van der Waals surface area (Å²) < 4.78 is 0. The van der Waals surface area contributed by atoms with Crippen molar-refractivity contribution in [3.63, 3.8) is 0 Å². The maximum absolute atomic E-state index is 3.74. The predicted molar refractivity (Wildman–Crippen MR) is 36.3 cm³/mol. The molecule has 0 atom stereocenters. The molecule has 57 valence electrons. The van der Waals surface area contributed by atoms with Gasteiger partial charge in [-0.3, -0.25) is 0 Å². The Morgan fingerprint density at radius 3 is 2.20 bits per heavy atom. The summed E-state index contributed by atoms with van der Waals surface area (Å²) in [6.07, 6.45) is 3.61. The molecule has 0 aliphatic heterocycles. The average molecular weight is 309 g/mol. The number of aromatic nitrogens is 2. The molecular weight excluding hydrogens is 298 g/mol. The molecule has 1 rings (SSSR count). The molecule has 0 bridgehead atoms. The monoisotopic (exact) mass is 310 g/mol. The van der Waals surface area contributed by atoms with Crippen LogP contribution in [-0.2, 0) is 25.8 Å². The van der Waals surface area contributed by atoms with Crippen molar-refractivity contribution in [1.82, 2.24) is 10.2 Å². The Kier molecular flexibility index (Phi) is 3.28. The number of nitrogens with zero attached hydrogens (tertiary/aromatic N) is 2. The van der Waals surface area contributed by atoms with Crippen LogP contribution in [-0.4, -0.2) is 5.10 Å². The summed E-state index contributed by atoms with van der Waals surface area (Å²) in [5.41, 5.74) is 1.39. The molecule has 0 amide bonds. The Morgan fingerprint density at radius 2 is 2.00 bits per heavy atom. The van der Waals surface area contributed by atoms with Gasteiger partial charge in [0.05, 0.1) is 0 Å². The van der Waals surface area contributed by atoms with E-state index in [1.807, 2.05) is 0 Å². The molecule has 0 aliphatic carbocycles. The molecule has 0 unspecified atom stereocenters. The SMILES string of the molecule is CC(C)(C)c1cn[n-]c1.[Re]. The zero-order chi connectivity index (χ0) is 6.91. The van der Waals surface area contributed by atoms with Gasteiger partial charge in [-0.1, -0.05) is 20.8 Å². The van der Waals surface area contributed by atoms with Crippen molar-refractivity contribution < 1.29 is 20.4 Å². The van der Waals surface area contributed by atoms with Crippen molar-refractivity contribution >= 4 is 0 Å². The van der Waals surface area contributed by atoms with Crippen molar-refractivity contribution in [1.29, 1.82) is 0 Å². The Bertz CT molecular complexity index is 174. The maximum atomic E-state index is 3.74. The van der Waals surface area contributed by atoms with Crippen LogP contribution in [0.2, 0.25) is 0 Å². The predicted octanol–water partition coefficient (Wildman–Crippen LogP) is 1.33. The van der Waals surface area contributed by atoms with Crippen LogP contribution in [0.1, 0.15) is 26.3 Å². The summed E-state index contributed by atoms with van der Waals surface area (Å²) in [6, 6.07) is 0. The van der Waals surface area contributed by atoms with E-state index in [-0.39, 0.29) is 25.8 Å². The fourth-order valence-corrected chi connectivity index (χ4v) is 0.612. The molecule has 1 aromatic rings. The summed E-state index contributed by atoms with van der Waals surface area (Å²) in [4.78, 5) is 0. The average Bonchev–Trinajstić information content (AvgIpc) is 2.08. The molecule has 0 N–H and O–H groups in total. The molecule has 10 heavy (non-hydrogen) atoms. The second-order valence-corrected chi connectivity index (χ2v) is 3.19. The van der Waals surface area contributed by atoms with Crippen molar-refractivity contribution in [2.45, 2.75) is 26.2 Å². The fourth-order valence-electron chi connectivity index (χ4n) is 0.612. The Morgan fingerprint density at radius 1 is 1.40 bits per heavy atom. The van der Waals surface area contributed by atoms with Crippen LogP contribution in [0.5, 0.6) is 0 Å².